The van der Waals surface area contributed by atoms with Crippen LogP contribution in [0.15, 0.2) is 16.1 Å². The normalized spacial score (nSPS) is 9.81. The van der Waals surface area contributed by atoms with Gasteiger partial charge < -0.3 is 10.0 Å². The summed E-state index contributed by atoms with van der Waals surface area (Å²) >= 11 is 4.31. The molecule has 0 amide bonds. The summed E-state index contributed by atoms with van der Waals surface area (Å²) < 4.78 is 0. The van der Waals surface area contributed by atoms with E-state index in [2.05, 4.69) is 22.7 Å². The highest BCUT2D eigenvalue weighted by molar-refractivity contribution is 7.80. The number of hydrogen-bond donors (Lipinski definition) is 3. The number of hydrogen-bond acceptors (Lipinski definition) is 4. The minimum absolute atomic E-state index is 0.176. The number of rotatable bonds is 3. The zero-order valence-electron chi connectivity index (χ0n) is 9.05. The molecule has 0 spiro atoms. The quantitative estimate of drug-likeness (QED) is 0.241. The van der Waals surface area contributed by atoms with Gasteiger partial charge >= 0.3 is 7.12 Å². The second kappa shape index (κ2) is 5.27. The molecule has 1 aromatic carbocycles. The van der Waals surface area contributed by atoms with Crippen molar-refractivity contribution in [2.75, 3.05) is 0 Å². The minimum Gasteiger partial charge on any atom is -0.423 e. The molecule has 0 aliphatic rings. The van der Waals surface area contributed by atoms with Gasteiger partial charge in [-0.3, -0.25) is 0 Å². The second-order valence-corrected chi connectivity index (χ2v) is 3.93. The van der Waals surface area contributed by atoms with Crippen molar-refractivity contribution in [3.05, 3.63) is 33.2 Å². The molecule has 0 bridgehead atoms. The first-order chi connectivity index (χ1) is 7.49. The van der Waals surface area contributed by atoms with Gasteiger partial charge in [0.15, 0.2) is 0 Å². The summed E-state index contributed by atoms with van der Waals surface area (Å²) in [7, 11) is -1.55. The Morgan fingerprint density at radius 1 is 1.44 bits per heavy atom. The Hall–Kier alpha value is -1.14. The Morgan fingerprint density at radius 3 is 2.56 bits per heavy atom. The molecule has 0 aliphatic heterocycles. The molecule has 0 aliphatic carbocycles. The summed E-state index contributed by atoms with van der Waals surface area (Å²) in [5, 5.41) is 21.8. The van der Waals surface area contributed by atoms with Gasteiger partial charge in [0.1, 0.15) is 0 Å². The summed E-state index contributed by atoms with van der Waals surface area (Å²) in [6.07, 6.45) is 0. The topological polar surface area (TPSA) is 89.2 Å². The summed E-state index contributed by atoms with van der Waals surface area (Å²) in [5.74, 6) is 0. The Kier molecular flexibility index (Phi) is 4.26. The van der Waals surface area contributed by atoms with Crippen LogP contribution >= 0.6 is 12.6 Å². The van der Waals surface area contributed by atoms with Crippen molar-refractivity contribution in [3.63, 3.8) is 0 Å². The first kappa shape index (κ1) is 12.9. The molecule has 16 heavy (non-hydrogen) atoms. The first-order valence-electron chi connectivity index (χ1n) is 4.68. The van der Waals surface area contributed by atoms with Crippen LogP contribution in [0.2, 0.25) is 0 Å². The predicted molar refractivity (Wildman–Crippen MR) is 65.8 cm³/mol. The molecule has 0 atom stereocenters. The van der Waals surface area contributed by atoms with Crippen molar-refractivity contribution < 1.29 is 10.0 Å². The maximum absolute atomic E-state index is 9.19. The molecular weight excluding hydrogens is 225 g/mol. The third kappa shape index (κ3) is 2.51. The van der Waals surface area contributed by atoms with Crippen LogP contribution in [0.4, 0.5) is 0 Å². The second-order valence-electron chi connectivity index (χ2n) is 3.49. The van der Waals surface area contributed by atoms with Crippen molar-refractivity contribution in [2.24, 2.45) is 5.11 Å². The fraction of sp³-hybridized carbons (Fsp3) is 0.333. The lowest BCUT2D eigenvalue weighted by atomic mass is 9.75. The predicted octanol–water partition coefficient (Wildman–Crippen LogP) is 1.08. The molecular formula is C9H12BN3O2S. The van der Waals surface area contributed by atoms with Gasteiger partial charge in [-0.25, -0.2) is 0 Å². The van der Waals surface area contributed by atoms with Crippen molar-refractivity contribution in [1.29, 1.82) is 0 Å². The Bertz CT molecular complexity index is 459. The fourth-order valence-corrected chi connectivity index (χ4v) is 1.79. The van der Waals surface area contributed by atoms with E-state index in [9.17, 15) is 10.0 Å². The van der Waals surface area contributed by atoms with Gasteiger partial charge in [0.05, 0.1) is 6.54 Å². The monoisotopic (exact) mass is 237 g/mol. The van der Waals surface area contributed by atoms with E-state index in [0.29, 0.717) is 10.4 Å². The molecule has 0 fully saturated rings. The molecule has 0 radical (unpaired) electrons. The van der Waals surface area contributed by atoms with E-state index in [0.717, 1.165) is 16.7 Å². The zero-order chi connectivity index (χ0) is 12.3. The molecule has 0 saturated carbocycles. The lowest BCUT2D eigenvalue weighted by Crippen LogP contribution is -2.33. The van der Waals surface area contributed by atoms with Crippen molar-refractivity contribution in [3.8, 4) is 0 Å². The van der Waals surface area contributed by atoms with E-state index >= 15 is 0 Å². The molecule has 5 nitrogen and oxygen atoms in total. The number of nitrogens with zero attached hydrogens (tertiary/aromatic N) is 3. The van der Waals surface area contributed by atoms with Gasteiger partial charge in [-0.2, -0.15) is 0 Å². The average molecular weight is 237 g/mol. The standard InChI is InChI=1S/C9H12BN3O2S/c1-5-7(4-12-13-11)3-8(10(14)15)6(2)9(5)16/h3,14-16H,4H2,1-2H3. The molecule has 84 valence electrons. The Balaban J connectivity index is 3.34. The van der Waals surface area contributed by atoms with Crippen LogP contribution in [0.5, 0.6) is 0 Å². The minimum atomic E-state index is -1.55. The van der Waals surface area contributed by atoms with E-state index in [1.807, 2.05) is 6.92 Å². The summed E-state index contributed by atoms with van der Waals surface area (Å²) in [6, 6.07) is 1.63. The van der Waals surface area contributed by atoms with Gasteiger partial charge in [-0.05, 0) is 41.5 Å². The van der Waals surface area contributed by atoms with Crippen LogP contribution in [0.1, 0.15) is 16.7 Å². The van der Waals surface area contributed by atoms with Crippen molar-refractivity contribution in [1.82, 2.24) is 0 Å². The van der Waals surface area contributed by atoms with Crippen molar-refractivity contribution >= 4 is 25.2 Å². The van der Waals surface area contributed by atoms with E-state index in [-0.39, 0.29) is 6.54 Å². The molecule has 0 aromatic heterocycles. The summed E-state index contributed by atoms with van der Waals surface area (Å²) in [5.41, 5.74) is 11.0. The van der Waals surface area contributed by atoms with Crippen LogP contribution in [-0.2, 0) is 6.54 Å². The SMILES string of the molecule is Cc1c(CN=[N+]=[N-])cc(B(O)O)c(C)c1S. The lowest BCUT2D eigenvalue weighted by Gasteiger charge is -2.14. The highest BCUT2D eigenvalue weighted by Gasteiger charge is 2.18. The number of benzene rings is 1. The molecule has 0 unspecified atom stereocenters. The van der Waals surface area contributed by atoms with Gasteiger partial charge in [0.25, 0.3) is 0 Å². The van der Waals surface area contributed by atoms with E-state index in [4.69, 9.17) is 5.53 Å². The van der Waals surface area contributed by atoms with Crippen molar-refractivity contribution in [2.45, 2.75) is 25.3 Å². The highest BCUT2D eigenvalue weighted by atomic mass is 32.1. The Labute approximate surface area is 99.3 Å². The summed E-state index contributed by atoms with van der Waals surface area (Å²) in [6.45, 7) is 3.79. The van der Waals surface area contributed by atoms with Gasteiger partial charge in [-0.15, -0.1) is 12.6 Å². The molecule has 0 heterocycles. The van der Waals surface area contributed by atoms with Crippen LogP contribution < -0.4 is 5.46 Å². The fourth-order valence-electron chi connectivity index (χ4n) is 1.51. The molecule has 1 aromatic rings. The van der Waals surface area contributed by atoms with Gasteiger partial charge in [0.2, 0.25) is 0 Å². The third-order valence-corrected chi connectivity index (χ3v) is 3.21. The van der Waals surface area contributed by atoms with E-state index in [1.54, 1.807) is 13.0 Å². The molecule has 0 saturated heterocycles. The smallest absolute Gasteiger partial charge is 0.423 e. The number of thiol groups is 1. The maximum atomic E-state index is 9.19. The van der Waals surface area contributed by atoms with E-state index < -0.39 is 7.12 Å². The van der Waals surface area contributed by atoms with Crippen LogP contribution in [-0.4, -0.2) is 17.2 Å². The largest absolute Gasteiger partial charge is 0.488 e. The maximum Gasteiger partial charge on any atom is 0.488 e. The van der Waals surface area contributed by atoms with Crippen LogP contribution in [0, 0.1) is 13.8 Å². The van der Waals surface area contributed by atoms with Gasteiger partial charge in [-0.1, -0.05) is 11.2 Å². The number of azide groups is 1. The van der Waals surface area contributed by atoms with E-state index in [1.165, 1.54) is 0 Å². The average Bonchev–Trinajstić information content (AvgIpc) is 2.24. The van der Waals surface area contributed by atoms with Crippen LogP contribution in [0.3, 0.4) is 0 Å². The lowest BCUT2D eigenvalue weighted by molar-refractivity contribution is 0.425. The third-order valence-electron chi connectivity index (χ3n) is 2.54. The Morgan fingerprint density at radius 2 is 2.06 bits per heavy atom. The first-order valence-corrected chi connectivity index (χ1v) is 5.12. The highest BCUT2D eigenvalue weighted by Crippen LogP contribution is 2.21. The molecule has 1 rings (SSSR count). The van der Waals surface area contributed by atoms with Crippen LogP contribution in [0.25, 0.3) is 10.4 Å². The molecule has 2 N–H and O–H groups in total. The molecule has 7 heteroatoms. The van der Waals surface area contributed by atoms with Gasteiger partial charge in [0, 0.05) is 9.81 Å². The summed E-state index contributed by atoms with van der Waals surface area (Å²) in [4.78, 5) is 3.36. The zero-order valence-corrected chi connectivity index (χ0v) is 9.94.